The van der Waals surface area contributed by atoms with Crippen LogP contribution < -0.4 is 0 Å². The molecule has 0 aliphatic rings. The Morgan fingerprint density at radius 2 is 0.882 bits per heavy atom. The van der Waals surface area contributed by atoms with Crippen molar-refractivity contribution in [1.29, 1.82) is 0 Å². The van der Waals surface area contributed by atoms with E-state index in [0.717, 1.165) is 32.7 Å². The average molecular weight is 439 g/mol. The molecule has 0 spiro atoms. The molecule has 2 nitrogen and oxygen atoms in total. The Labute approximate surface area is 198 Å². The van der Waals surface area contributed by atoms with Gasteiger partial charge in [0.2, 0.25) is 0 Å². The fourth-order valence-corrected chi connectivity index (χ4v) is 4.17. The molecule has 0 fully saturated rings. The van der Waals surface area contributed by atoms with Gasteiger partial charge in [0.05, 0.1) is 0 Å². The maximum Gasteiger partial charge on any atom is 0.186 e. The summed E-state index contributed by atoms with van der Waals surface area (Å²) in [7, 11) is 0. The summed E-state index contributed by atoms with van der Waals surface area (Å²) in [5, 5.41) is 3.99. The fourth-order valence-electron chi connectivity index (χ4n) is 4.17. The monoisotopic (exact) mass is 438 g/mol. The van der Waals surface area contributed by atoms with Crippen molar-refractivity contribution in [2.24, 2.45) is 0 Å². The van der Waals surface area contributed by atoms with Gasteiger partial charge in [-0.25, -0.2) is 0 Å². The first-order valence-electron chi connectivity index (χ1n) is 11.2. The highest BCUT2D eigenvalue weighted by molar-refractivity contribution is 6.15. The summed E-state index contributed by atoms with van der Waals surface area (Å²) in [6.07, 6.45) is 6.83. The summed E-state index contributed by atoms with van der Waals surface area (Å²) >= 11 is 0. The number of benzene rings is 5. The van der Waals surface area contributed by atoms with Gasteiger partial charge in [0.15, 0.2) is 11.6 Å². The first-order chi connectivity index (χ1) is 16.7. The van der Waals surface area contributed by atoms with E-state index in [0.29, 0.717) is 11.1 Å². The van der Waals surface area contributed by atoms with E-state index < -0.39 is 0 Å². The van der Waals surface area contributed by atoms with Crippen LogP contribution in [0.25, 0.3) is 33.7 Å². The summed E-state index contributed by atoms with van der Waals surface area (Å²) in [4.78, 5) is 25.7. The minimum absolute atomic E-state index is 0.0381. The van der Waals surface area contributed by atoms with E-state index in [1.807, 2.05) is 121 Å². The van der Waals surface area contributed by atoms with Crippen LogP contribution >= 0.6 is 0 Å². The lowest BCUT2D eigenvalue weighted by Gasteiger charge is -2.03. The minimum atomic E-state index is -0.0381. The normalized spacial score (nSPS) is 11.5. The number of rotatable bonds is 6. The predicted molar refractivity (Wildman–Crippen MR) is 141 cm³/mol. The number of hydrogen-bond donors (Lipinski definition) is 0. The molecule has 0 unspecified atom stereocenters. The zero-order valence-corrected chi connectivity index (χ0v) is 18.5. The van der Waals surface area contributed by atoms with Crippen LogP contribution in [0.3, 0.4) is 0 Å². The largest absolute Gasteiger partial charge is 0.289 e. The lowest BCUT2D eigenvalue weighted by atomic mass is 10.00. The third kappa shape index (κ3) is 4.48. The molecule has 0 saturated heterocycles. The van der Waals surface area contributed by atoms with E-state index in [4.69, 9.17) is 0 Å². The van der Waals surface area contributed by atoms with Gasteiger partial charge in [-0.05, 0) is 50.9 Å². The van der Waals surface area contributed by atoms with E-state index in [9.17, 15) is 9.59 Å². The van der Waals surface area contributed by atoms with Crippen LogP contribution in [-0.4, -0.2) is 11.6 Å². The van der Waals surface area contributed by atoms with Crippen molar-refractivity contribution in [2.75, 3.05) is 0 Å². The van der Waals surface area contributed by atoms with Gasteiger partial charge < -0.3 is 0 Å². The number of fused-ring (bicyclic) bond motifs is 2. The molecule has 0 heterocycles. The molecule has 162 valence electrons. The Morgan fingerprint density at radius 3 is 1.38 bits per heavy atom. The molecular formula is C32H22O2. The highest BCUT2D eigenvalue weighted by atomic mass is 16.1. The predicted octanol–water partition coefficient (Wildman–Crippen LogP) is 7.79. The molecule has 5 rings (SSSR count). The molecule has 34 heavy (non-hydrogen) atoms. The average Bonchev–Trinajstić information content (AvgIpc) is 2.90. The van der Waals surface area contributed by atoms with Crippen molar-refractivity contribution in [3.63, 3.8) is 0 Å². The number of carbonyl (C=O) groups excluding carboxylic acids is 2. The maximum atomic E-state index is 12.9. The topological polar surface area (TPSA) is 34.1 Å². The van der Waals surface area contributed by atoms with Gasteiger partial charge in [-0.1, -0.05) is 115 Å². The highest BCUT2D eigenvalue weighted by Gasteiger charge is 2.08. The summed E-state index contributed by atoms with van der Waals surface area (Å²) in [6, 6.07) is 35.1. The van der Waals surface area contributed by atoms with Crippen molar-refractivity contribution in [2.45, 2.75) is 0 Å². The van der Waals surface area contributed by atoms with Gasteiger partial charge in [0, 0.05) is 11.1 Å². The standard InChI is InChI=1S/C32H22O2/c33-31(29-16-6-12-25-10-1-3-14-27(25)29)20-18-23-8-5-9-24(22-23)19-21-32(34)30-17-7-13-26-11-2-4-15-28(26)30/h1-22H/b20-18+,21-19+. The highest BCUT2D eigenvalue weighted by Crippen LogP contribution is 2.21. The second-order valence-electron chi connectivity index (χ2n) is 8.12. The molecule has 0 aromatic heterocycles. The maximum absolute atomic E-state index is 12.9. The number of carbonyl (C=O) groups is 2. The fraction of sp³-hybridized carbons (Fsp3) is 0. The van der Waals surface area contributed by atoms with Crippen LogP contribution in [0.4, 0.5) is 0 Å². The lowest BCUT2D eigenvalue weighted by molar-refractivity contribution is 0.104. The zero-order chi connectivity index (χ0) is 23.3. The second-order valence-corrected chi connectivity index (χ2v) is 8.12. The lowest BCUT2D eigenvalue weighted by Crippen LogP contribution is -1.95. The third-order valence-electron chi connectivity index (χ3n) is 5.88. The molecule has 0 aliphatic carbocycles. The van der Waals surface area contributed by atoms with Crippen molar-refractivity contribution in [1.82, 2.24) is 0 Å². The minimum Gasteiger partial charge on any atom is -0.289 e. The van der Waals surface area contributed by atoms with Gasteiger partial charge in [-0.3, -0.25) is 9.59 Å². The van der Waals surface area contributed by atoms with Crippen molar-refractivity contribution >= 4 is 45.3 Å². The SMILES string of the molecule is O=C(/C=C/c1cccc(/C=C/C(=O)c2cccc3ccccc23)c1)c1cccc2ccccc12. The summed E-state index contributed by atoms with van der Waals surface area (Å²) in [5.74, 6) is -0.0762. The summed E-state index contributed by atoms with van der Waals surface area (Å²) in [6.45, 7) is 0. The Bertz CT molecular complexity index is 1460. The molecule has 5 aromatic rings. The van der Waals surface area contributed by atoms with Gasteiger partial charge in [-0.2, -0.15) is 0 Å². The smallest absolute Gasteiger partial charge is 0.186 e. The van der Waals surface area contributed by atoms with Gasteiger partial charge in [-0.15, -0.1) is 0 Å². The van der Waals surface area contributed by atoms with Crippen LogP contribution in [0.15, 0.2) is 121 Å². The molecule has 0 amide bonds. The van der Waals surface area contributed by atoms with Crippen LogP contribution in [0, 0.1) is 0 Å². The van der Waals surface area contributed by atoms with Crippen LogP contribution in [0.2, 0.25) is 0 Å². The van der Waals surface area contributed by atoms with E-state index in [1.165, 1.54) is 0 Å². The Kier molecular flexibility index (Phi) is 5.96. The molecule has 0 atom stereocenters. The number of hydrogen-bond acceptors (Lipinski definition) is 2. The molecule has 0 N–H and O–H groups in total. The number of allylic oxidation sites excluding steroid dienone is 2. The van der Waals surface area contributed by atoms with Crippen molar-refractivity contribution < 1.29 is 9.59 Å². The van der Waals surface area contributed by atoms with Gasteiger partial charge >= 0.3 is 0 Å². The zero-order valence-electron chi connectivity index (χ0n) is 18.5. The number of ketones is 2. The Morgan fingerprint density at radius 1 is 0.471 bits per heavy atom. The Hall–Kier alpha value is -4.56. The Balaban J connectivity index is 1.35. The molecule has 0 saturated carbocycles. The van der Waals surface area contributed by atoms with E-state index in [1.54, 1.807) is 12.2 Å². The van der Waals surface area contributed by atoms with Gasteiger partial charge in [0.25, 0.3) is 0 Å². The molecule has 0 bridgehead atoms. The summed E-state index contributed by atoms with van der Waals surface area (Å²) < 4.78 is 0. The van der Waals surface area contributed by atoms with Gasteiger partial charge in [0.1, 0.15) is 0 Å². The molecule has 2 heteroatoms. The first kappa shape index (κ1) is 21.3. The van der Waals surface area contributed by atoms with E-state index in [2.05, 4.69) is 0 Å². The third-order valence-corrected chi connectivity index (χ3v) is 5.88. The van der Waals surface area contributed by atoms with Crippen LogP contribution in [-0.2, 0) is 0 Å². The van der Waals surface area contributed by atoms with Crippen molar-refractivity contribution in [3.05, 3.63) is 144 Å². The van der Waals surface area contributed by atoms with E-state index in [-0.39, 0.29) is 11.6 Å². The quantitative estimate of drug-likeness (QED) is 0.200. The van der Waals surface area contributed by atoms with E-state index >= 15 is 0 Å². The molecule has 0 radical (unpaired) electrons. The molecular weight excluding hydrogens is 416 g/mol. The molecule has 5 aromatic carbocycles. The van der Waals surface area contributed by atoms with Crippen LogP contribution in [0.1, 0.15) is 31.8 Å². The summed E-state index contributed by atoms with van der Waals surface area (Å²) in [5.41, 5.74) is 3.17. The first-order valence-corrected chi connectivity index (χ1v) is 11.2. The second kappa shape index (κ2) is 9.51. The van der Waals surface area contributed by atoms with Crippen molar-refractivity contribution in [3.8, 4) is 0 Å². The van der Waals surface area contributed by atoms with Crippen LogP contribution in [0.5, 0.6) is 0 Å². The molecule has 0 aliphatic heterocycles.